The molecule has 3 rings (SSSR count). The van der Waals surface area contributed by atoms with Gasteiger partial charge in [-0.1, -0.05) is 0 Å². The van der Waals surface area contributed by atoms with Crippen molar-refractivity contribution in [1.29, 1.82) is 0 Å². The Kier molecular flexibility index (Phi) is 3.48. The molecule has 2 amide bonds. The molecule has 2 aliphatic rings. The molecule has 0 saturated carbocycles. The van der Waals surface area contributed by atoms with Crippen molar-refractivity contribution in [1.82, 2.24) is 4.90 Å². The molecule has 1 atom stereocenters. The third-order valence-corrected chi connectivity index (χ3v) is 3.79. The molecule has 0 aromatic heterocycles. The molecule has 0 bridgehead atoms. The van der Waals surface area contributed by atoms with Crippen molar-refractivity contribution < 1.29 is 23.1 Å². The number of fused-ring (bicyclic) bond motifs is 1. The highest BCUT2D eigenvalue weighted by Crippen LogP contribution is 2.28. The van der Waals surface area contributed by atoms with Gasteiger partial charge in [0.1, 0.15) is 18.3 Å². The molecule has 0 spiro atoms. The van der Waals surface area contributed by atoms with E-state index in [0.29, 0.717) is 18.7 Å². The number of hydrogen-bond donors (Lipinski definition) is 0. The molecule has 0 radical (unpaired) electrons. The van der Waals surface area contributed by atoms with E-state index in [-0.39, 0.29) is 30.2 Å². The second kappa shape index (κ2) is 5.31. The summed E-state index contributed by atoms with van der Waals surface area (Å²) < 4.78 is 28.5. The predicted octanol–water partition coefficient (Wildman–Crippen LogP) is 1.63. The summed E-state index contributed by atoms with van der Waals surface area (Å²) in [7, 11) is 0. The number of carbonyl (C=O) groups is 2. The average Bonchev–Trinajstić information content (AvgIpc) is 2.93. The normalized spacial score (nSPS) is 22.0. The average molecular weight is 296 g/mol. The fourth-order valence-corrected chi connectivity index (χ4v) is 2.83. The molecule has 0 N–H and O–H groups in total. The first-order valence-corrected chi connectivity index (χ1v) is 6.72. The van der Waals surface area contributed by atoms with Crippen molar-refractivity contribution in [2.45, 2.75) is 25.5 Å². The molecule has 0 aliphatic carbocycles. The zero-order valence-electron chi connectivity index (χ0n) is 11.2. The molecular formula is C14H14F2N2O3. The zero-order valence-corrected chi connectivity index (χ0v) is 11.2. The SMILES string of the molecule is O=C1C2CCCN2C(=O)CN1c1ccc(OC(F)F)cc1. The Morgan fingerprint density at radius 1 is 1.19 bits per heavy atom. The Hall–Kier alpha value is -2.18. The number of ether oxygens (including phenoxy) is 1. The number of halogens is 2. The van der Waals surface area contributed by atoms with Gasteiger partial charge in [-0.3, -0.25) is 9.59 Å². The smallest absolute Gasteiger partial charge is 0.387 e. The second-order valence-corrected chi connectivity index (χ2v) is 5.04. The predicted molar refractivity (Wildman–Crippen MR) is 70.2 cm³/mol. The first-order valence-electron chi connectivity index (χ1n) is 6.72. The quantitative estimate of drug-likeness (QED) is 0.852. The molecule has 2 saturated heterocycles. The number of rotatable bonds is 3. The number of hydrogen-bond acceptors (Lipinski definition) is 3. The lowest BCUT2D eigenvalue weighted by Gasteiger charge is -2.36. The van der Waals surface area contributed by atoms with Gasteiger partial charge in [0.05, 0.1) is 0 Å². The minimum Gasteiger partial charge on any atom is -0.435 e. The van der Waals surface area contributed by atoms with Crippen LogP contribution in [0.4, 0.5) is 14.5 Å². The van der Waals surface area contributed by atoms with Gasteiger partial charge < -0.3 is 14.5 Å². The highest BCUT2D eigenvalue weighted by atomic mass is 19.3. The Bertz CT molecular complexity index is 562. The third-order valence-electron chi connectivity index (χ3n) is 3.79. The summed E-state index contributed by atoms with van der Waals surface area (Å²) in [5.41, 5.74) is 0.515. The van der Waals surface area contributed by atoms with Gasteiger partial charge in [0.2, 0.25) is 11.8 Å². The number of piperazine rings is 1. The van der Waals surface area contributed by atoms with E-state index in [1.54, 1.807) is 4.90 Å². The van der Waals surface area contributed by atoms with Gasteiger partial charge in [-0.05, 0) is 37.1 Å². The van der Waals surface area contributed by atoms with Crippen LogP contribution in [0.2, 0.25) is 0 Å². The van der Waals surface area contributed by atoms with E-state index in [9.17, 15) is 18.4 Å². The van der Waals surface area contributed by atoms with Crippen LogP contribution in [0.5, 0.6) is 5.75 Å². The first kappa shape index (κ1) is 13.8. The summed E-state index contributed by atoms with van der Waals surface area (Å²) >= 11 is 0. The van der Waals surface area contributed by atoms with Crippen LogP contribution in [0.25, 0.3) is 0 Å². The van der Waals surface area contributed by atoms with Crippen LogP contribution in [0.3, 0.4) is 0 Å². The summed E-state index contributed by atoms with van der Waals surface area (Å²) in [5, 5.41) is 0. The van der Waals surface area contributed by atoms with Crippen molar-refractivity contribution in [3.63, 3.8) is 0 Å². The van der Waals surface area contributed by atoms with Crippen molar-refractivity contribution in [3.8, 4) is 5.75 Å². The third kappa shape index (κ3) is 2.55. The van der Waals surface area contributed by atoms with E-state index >= 15 is 0 Å². The summed E-state index contributed by atoms with van der Waals surface area (Å²) in [4.78, 5) is 27.4. The maximum absolute atomic E-state index is 12.4. The maximum Gasteiger partial charge on any atom is 0.387 e. The number of amides is 2. The van der Waals surface area contributed by atoms with Crippen molar-refractivity contribution in [2.75, 3.05) is 18.0 Å². The Morgan fingerprint density at radius 2 is 1.90 bits per heavy atom. The fourth-order valence-electron chi connectivity index (χ4n) is 2.83. The molecule has 7 heteroatoms. The monoisotopic (exact) mass is 296 g/mol. The molecule has 1 aromatic carbocycles. The fraction of sp³-hybridized carbons (Fsp3) is 0.429. The molecule has 2 aliphatic heterocycles. The molecule has 1 unspecified atom stereocenters. The lowest BCUT2D eigenvalue weighted by molar-refractivity contribution is -0.140. The molecule has 1 aromatic rings. The summed E-state index contributed by atoms with van der Waals surface area (Å²) in [6, 6.07) is 5.35. The summed E-state index contributed by atoms with van der Waals surface area (Å²) in [6.07, 6.45) is 1.50. The number of anilines is 1. The molecule has 5 nitrogen and oxygen atoms in total. The lowest BCUT2D eigenvalue weighted by Crippen LogP contribution is -2.57. The van der Waals surface area contributed by atoms with Gasteiger partial charge in [-0.2, -0.15) is 8.78 Å². The standard InChI is InChI=1S/C14H14F2N2O3/c15-14(16)21-10-5-3-9(4-6-10)18-8-12(19)17-7-1-2-11(17)13(18)20/h3-6,11,14H,1-2,7-8H2. The zero-order chi connectivity index (χ0) is 15.0. The maximum atomic E-state index is 12.4. The van der Waals surface area contributed by atoms with Crippen LogP contribution < -0.4 is 9.64 Å². The lowest BCUT2D eigenvalue weighted by atomic mass is 10.1. The molecule has 2 heterocycles. The first-order chi connectivity index (χ1) is 10.1. The van der Waals surface area contributed by atoms with Gasteiger partial charge >= 0.3 is 6.61 Å². The molecule has 112 valence electrons. The highest BCUT2D eigenvalue weighted by Gasteiger charge is 2.42. The van der Waals surface area contributed by atoms with Gasteiger partial charge in [-0.25, -0.2) is 0 Å². The topological polar surface area (TPSA) is 49.9 Å². The Labute approximate surface area is 120 Å². The van der Waals surface area contributed by atoms with Crippen LogP contribution in [0, 0.1) is 0 Å². The number of alkyl halides is 2. The van der Waals surface area contributed by atoms with E-state index in [4.69, 9.17) is 0 Å². The highest BCUT2D eigenvalue weighted by molar-refractivity contribution is 6.06. The second-order valence-electron chi connectivity index (χ2n) is 5.04. The molecular weight excluding hydrogens is 282 g/mol. The van der Waals surface area contributed by atoms with Crippen molar-refractivity contribution in [3.05, 3.63) is 24.3 Å². The van der Waals surface area contributed by atoms with Crippen LogP contribution in [-0.4, -0.2) is 42.5 Å². The molecule has 2 fully saturated rings. The van der Waals surface area contributed by atoms with Crippen LogP contribution >= 0.6 is 0 Å². The van der Waals surface area contributed by atoms with Crippen molar-refractivity contribution >= 4 is 17.5 Å². The number of carbonyl (C=O) groups excluding carboxylic acids is 2. The number of benzene rings is 1. The van der Waals surface area contributed by atoms with E-state index in [1.165, 1.54) is 29.2 Å². The van der Waals surface area contributed by atoms with E-state index in [1.807, 2.05) is 0 Å². The minimum absolute atomic E-state index is 0.00954. The largest absolute Gasteiger partial charge is 0.435 e. The summed E-state index contributed by atoms with van der Waals surface area (Å²) in [5.74, 6) is -0.174. The van der Waals surface area contributed by atoms with Crippen LogP contribution in [0.15, 0.2) is 24.3 Å². The van der Waals surface area contributed by atoms with E-state index < -0.39 is 6.61 Å². The van der Waals surface area contributed by atoms with Gasteiger partial charge in [0, 0.05) is 12.2 Å². The van der Waals surface area contributed by atoms with Gasteiger partial charge in [-0.15, -0.1) is 0 Å². The van der Waals surface area contributed by atoms with Crippen LogP contribution in [-0.2, 0) is 9.59 Å². The minimum atomic E-state index is -2.89. The van der Waals surface area contributed by atoms with Gasteiger partial charge in [0.15, 0.2) is 0 Å². The van der Waals surface area contributed by atoms with Crippen LogP contribution in [0.1, 0.15) is 12.8 Å². The van der Waals surface area contributed by atoms with Gasteiger partial charge in [0.25, 0.3) is 0 Å². The van der Waals surface area contributed by atoms with Crippen molar-refractivity contribution in [2.24, 2.45) is 0 Å². The Morgan fingerprint density at radius 3 is 2.57 bits per heavy atom. The number of nitrogens with zero attached hydrogens (tertiary/aromatic N) is 2. The van der Waals surface area contributed by atoms with E-state index in [0.717, 1.165) is 6.42 Å². The van der Waals surface area contributed by atoms with E-state index in [2.05, 4.69) is 4.74 Å². The Balaban J connectivity index is 1.79. The molecule has 21 heavy (non-hydrogen) atoms. The summed E-state index contributed by atoms with van der Waals surface area (Å²) in [6.45, 7) is -2.27.